The molecule has 1 heterocycles. The minimum absolute atomic E-state index is 0.583. The summed E-state index contributed by atoms with van der Waals surface area (Å²) >= 11 is 1.94. The van der Waals surface area contributed by atoms with E-state index in [4.69, 9.17) is 5.73 Å². The van der Waals surface area contributed by atoms with E-state index < -0.39 is 0 Å². The zero-order chi connectivity index (χ0) is 13.0. The topological polar surface area (TPSA) is 29.3 Å². The molecule has 0 saturated carbocycles. The van der Waals surface area contributed by atoms with E-state index in [1.165, 1.54) is 23.4 Å². The highest BCUT2D eigenvalue weighted by molar-refractivity contribution is 8.00. The van der Waals surface area contributed by atoms with E-state index in [1.54, 1.807) is 0 Å². The monoisotopic (exact) mass is 262 g/mol. The maximum atomic E-state index is 5.98. The van der Waals surface area contributed by atoms with Gasteiger partial charge in [-0.25, -0.2) is 0 Å². The average Bonchev–Trinajstić information content (AvgIpc) is 2.40. The van der Waals surface area contributed by atoms with E-state index in [1.807, 2.05) is 23.9 Å². The normalized spacial score (nSPS) is 18.1. The van der Waals surface area contributed by atoms with Gasteiger partial charge in [0.1, 0.15) is 0 Å². The van der Waals surface area contributed by atoms with Crippen LogP contribution in [0.15, 0.2) is 29.2 Å². The summed E-state index contributed by atoms with van der Waals surface area (Å²) in [7, 11) is 0. The molecule has 18 heavy (non-hydrogen) atoms. The van der Waals surface area contributed by atoms with Crippen molar-refractivity contribution in [3.8, 4) is 0 Å². The summed E-state index contributed by atoms with van der Waals surface area (Å²) < 4.78 is 0. The van der Waals surface area contributed by atoms with Crippen molar-refractivity contribution < 1.29 is 0 Å². The van der Waals surface area contributed by atoms with E-state index >= 15 is 0 Å². The first kappa shape index (κ1) is 13.5. The lowest BCUT2D eigenvalue weighted by molar-refractivity contribution is 0.302. The molecule has 1 unspecified atom stereocenters. The van der Waals surface area contributed by atoms with Crippen LogP contribution in [0.4, 0.5) is 5.69 Å². The molecule has 1 aliphatic heterocycles. The minimum Gasteiger partial charge on any atom is -0.398 e. The molecule has 0 saturated heterocycles. The number of thioether (sulfide) groups is 1. The lowest BCUT2D eigenvalue weighted by atomic mass is 10.1. The van der Waals surface area contributed by atoms with Crippen molar-refractivity contribution in [3.05, 3.63) is 29.8 Å². The number of anilines is 1. The Bertz CT molecular complexity index is 425. The molecular formula is C15H22N2S. The molecule has 0 aromatic heterocycles. The number of rotatable bonds is 5. The molecular weight excluding hydrogens is 240 g/mol. The van der Waals surface area contributed by atoms with Crippen LogP contribution in [0.2, 0.25) is 0 Å². The second-order valence-corrected chi connectivity index (χ2v) is 5.87. The number of nitrogen functional groups attached to an aromatic ring is 1. The van der Waals surface area contributed by atoms with Crippen LogP contribution in [-0.4, -0.2) is 29.8 Å². The molecule has 0 fully saturated rings. The number of nitrogens with two attached hydrogens (primary N) is 1. The van der Waals surface area contributed by atoms with E-state index in [0.717, 1.165) is 18.8 Å². The highest BCUT2D eigenvalue weighted by atomic mass is 32.2. The van der Waals surface area contributed by atoms with Crippen LogP contribution in [0.5, 0.6) is 0 Å². The van der Waals surface area contributed by atoms with Gasteiger partial charge in [0, 0.05) is 21.4 Å². The van der Waals surface area contributed by atoms with Crippen LogP contribution in [0.1, 0.15) is 25.8 Å². The van der Waals surface area contributed by atoms with Crippen molar-refractivity contribution in [1.82, 2.24) is 4.90 Å². The second-order valence-electron chi connectivity index (χ2n) is 4.59. The molecule has 2 N–H and O–H groups in total. The number of hydrogen-bond donors (Lipinski definition) is 1. The van der Waals surface area contributed by atoms with Crippen LogP contribution in [0.25, 0.3) is 6.08 Å². The van der Waals surface area contributed by atoms with Crippen molar-refractivity contribution in [1.29, 1.82) is 0 Å². The third-order valence-corrected chi connectivity index (χ3v) is 4.79. The van der Waals surface area contributed by atoms with E-state index in [2.05, 4.69) is 37.0 Å². The largest absolute Gasteiger partial charge is 0.398 e. The molecule has 2 nitrogen and oxygen atoms in total. The summed E-state index contributed by atoms with van der Waals surface area (Å²) in [6, 6.07) is 6.19. The van der Waals surface area contributed by atoms with Crippen LogP contribution in [-0.2, 0) is 0 Å². The Balaban J connectivity index is 1.97. The number of benzene rings is 1. The quantitative estimate of drug-likeness (QED) is 0.824. The molecule has 2 rings (SSSR count). The fourth-order valence-corrected chi connectivity index (χ4v) is 3.43. The Morgan fingerprint density at radius 1 is 1.28 bits per heavy atom. The van der Waals surface area contributed by atoms with Gasteiger partial charge in [0.25, 0.3) is 0 Å². The zero-order valence-electron chi connectivity index (χ0n) is 11.2. The minimum atomic E-state index is 0.583. The predicted molar refractivity (Wildman–Crippen MR) is 81.9 cm³/mol. The Hall–Kier alpha value is -0.930. The average molecular weight is 262 g/mol. The van der Waals surface area contributed by atoms with Crippen molar-refractivity contribution in [3.63, 3.8) is 0 Å². The SMILES string of the molecule is CCN(CC)CCC1C=Cc2c(N)cccc2S1. The maximum absolute atomic E-state index is 5.98. The smallest absolute Gasteiger partial charge is 0.0398 e. The van der Waals surface area contributed by atoms with Gasteiger partial charge in [-0.1, -0.05) is 32.1 Å². The van der Waals surface area contributed by atoms with Gasteiger partial charge in [-0.15, -0.1) is 11.8 Å². The Morgan fingerprint density at radius 3 is 2.78 bits per heavy atom. The molecule has 0 bridgehead atoms. The summed E-state index contributed by atoms with van der Waals surface area (Å²) in [5, 5.41) is 0.583. The molecule has 0 radical (unpaired) electrons. The second kappa shape index (κ2) is 6.30. The van der Waals surface area contributed by atoms with Crippen molar-refractivity contribution in [2.45, 2.75) is 30.4 Å². The van der Waals surface area contributed by atoms with E-state index in [-0.39, 0.29) is 0 Å². The Kier molecular flexibility index (Phi) is 4.72. The summed E-state index contributed by atoms with van der Waals surface area (Å²) in [6.45, 7) is 7.90. The van der Waals surface area contributed by atoms with Gasteiger partial charge >= 0.3 is 0 Å². The summed E-state index contributed by atoms with van der Waals surface area (Å²) in [5.74, 6) is 0. The molecule has 1 atom stereocenters. The van der Waals surface area contributed by atoms with Crippen molar-refractivity contribution >= 4 is 23.5 Å². The maximum Gasteiger partial charge on any atom is 0.0398 e. The number of fused-ring (bicyclic) bond motifs is 1. The highest BCUT2D eigenvalue weighted by Gasteiger charge is 2.16. The number of nitrogens with zero attached hydrogens (tertiary/aromatic N) is 1. The highest BCUT2D eigenvalue weighted by Crippen LogP contribution is 2.37. The standard InChI is InChI=1S/C15H22N2S/c1-3-17(4-2)11-10-12-8-9-13-14(16)6-5-7-15(13)18-12/h5-9,12H,3-4,10-11,16H2,1-2H3. The van der Waals surface area contributed by atoms with E-state index in [9.17, 15) is 0 Å². The van der Waals surface area contributed by atoms with E-state index in [0.29, 0.717) is 5.25 Å². The fraction of sp³-hybridized carbons (Fsp3) is 0.467. The Morgan fingerprint density at radius 2 is 2.06 bits per heavy atom. The summed E-state index contributed by atoms with van der Waals surface area (Å²) in [6.07, 6.45) is 5.69. The zero-order valence-corrected chi connectivity index (χ0v) is 12.0. The first-order chi connectivity index (χ1) is 8.74. The Labute approximate surface area is 114 Å². The molecule has 1 aromatic rings. The first-order valence-electron chi connectivity index (χ1n) is 6.70. The summed E-state index contributed by atoms with van der Waals surface area (Å²) in [4.78, 5) is 3.80. The van der Waals surface area contributed by atoms with Crippen molar-refractivity contribution in [2.75, 3.05) is 25.4 Å². The van der Waals surface area contributed by atoms with Gasteiger partial charge in [0.05, 0.1) is 0 Å². The van der Waals surface area contributed by atoms with Gasteiger partial charge < -0.3 is 10.6 Å². The summed E-state index contributed by atoms with van der Waals surface area (Å²) in [5.41, 5.74) is 8.06. The van der Waals surface area contributed by atoms with Crippen LogP contribution >= 0.6 is 11.8 Å². The van der Waals surface area contributed by atoms with Crippen molar-refractivity contribution in [2.24, 2.45) is 0 Å². The molecule has 0 spiro atoms. The fourth-order valence-electron chi connectivity index (χ4n) is 2.25. The lowest BCUT2D eigenvalue weighted by Crippen LogP contribution is -2.26. The van der Waals surface area contributed by atoms with Gasteiger partial charge in [-0.3, -0.25) is 0 Å². The lowest BCUT2D eigenvalue weighted by Gasteiger charge is -2.23. The molecule has 0 amide bonds. The molecule has 1 aliphatic rings. The molecule has 0 aliphatic carbocycles. The third kappa shape index (κ3) is 3.09. The molecule has 98 valence electrons. The van der Waals surface area contributed by atoms with Gasteiger partial charge in [-0.05, 0) is 38.2 Å². The van der Waals surface area contributed by atoms with Crippen LogP contribution in [0, 0.1) is 0 Å². The van der Waals surface area contributed by atoms with Crippen LogP contribution < -0.4 is 5.73 Å². The molecule has 3 heteroatoms. The molecule has 1 aromatic carbocycles. The van der Waals surface area contributed by atoms with Crippen LogP contribution in [0.3, 0.4) is 0 Å². The van der Waals surface area contributed by atoms with Gasteiger partial charge in [0.2, 0.25) is 0 Å². The third-order valence-electron chi connectivity index (χ3n) is 3.48. The van der Waals surface area contributed by atoms with Gasteiger partial charge in [-0.2, -0.15) is 0 Å². The van der Waals surface area contributed by atoms with Gasteiger partial charge in [0.15, 0.2) is 0 Å². The number of hydrogen-bond acceptors (Lipinski definition) is 3. The first-order valence-corrected chi connectivity index (χ1v) is 7.58. The predicted octanol–water partition coefficient (Wildman–Crippen LogP) is 3.49.